The first kappa shape index (κ1) is 15.3. The second kappa shape index (κ2) is 7.11. The smallest absolute Gasteiger partial charge is 0.258 e. The van der Waals surface area contributed by atoms with Gasteiger partial charge in [0, 0.05) is 6.07 Å². The molecule has 0 radical (unpaired) electrons. The molecule has 3 rings (SSSR count). The molecule has 3 aromatic rings. The van der Waals surface area contributed by atoms with Gasteiger partial charge < -0.3 is 14.6 Å². The van der Waals surface area contributed by atoms with Gasteiger partial charge in [-0.15, -0.1) is 11.3 Å². The Labute approximate surface area is 137 Å². The second-order valence-corrected chi connectivity index (χ2v) is 5.94. The zero-order chi connectivity index (χ0) is 16.1. The van der Waals surface area contributed by atoms with Gasteiger partial charge in [-0.2, -0.15) is 0 Å². The maximum absolute atomic E-state index is 11.8. The van der Waals surface area contributed by atoms with Crippen LogP contribution in [0, 0.1) is 6.92 Å². The molecule has 0 fully saturated rings. The topological polar surface area (TPSA) is 64.4 Å². The van der Waals surface area contributed by atoms with Crippen LogP contribution in [0.5, 0.6) is 5.75 Å². The molecular formula is C17H16N2O3S. The molecule has 0 aliphatic carbocycles. The summed E-state index contributed by atoms with van der Waals surface area (Å²) in [5.41, 5.74) is 1.68. The molecule has 1 aromatic carbocycles. The van der Waals surface area contributed by atoms with Crippen LogP contribution in [-0.4, -0.2) is 17.7 Å². The monoisotopic (exact) mass is 328 g/mol. The highest BCUT2D eigenvalue weighted by Gasteiger charge is 2.09. The number of aryl methyl sites for hydroxylation is 1. The molecule has 1 amide bonds. The summed E-state index contributed by atoms with van der Waals surface area (Å²) in [7, 11) is 0. The number of para-hydroxylation sites is 1. The molecule has 0 bridgehead atoms. The molecule has 2 aromatic heterocycles. The van der Waals surface area contributed by atoms with Crippen molar-refractivity contribution in [1.82, 2.24) is 10.5 Å². The largest absolute Gasteiger partial charge is 0.484 e. The number of carbonyl (C=O) groups excluding carboxylic acids is 1. The lowest BCUT2D eigenvalue weighted by Gasteiger charge is -2.08. The molecule has 0 aliphatic rings. The van der Waals surface area contributed by atoms with E-state index in [9.17, 15) is 4.79 Å². The van der Waals surface area contributed by atoms with Crippen molar-refractivity contribution >= 4 is 17.2 Å². The summed E-state index contributed by atoms with van der Waals surface area (Å²) < 4.78 is 10.8. The summed E-state index contributed by atoms with van der Waals surface area (Å²) in [5, 5.41) is 8.69. The summed E-state index contributed by atoms with van der Waals surface area (Å²) in [6.07, 6.45) is 0. The number of aromatic nitrogens is 1. The van der Waals surface area contributed by atoms with Crippen molar-refractivity contribution in [1.29, 1.82) is 0 Å². The predicted octanol–water partition coefficient (Wildman–Crippen LogP) is 3.41. The van der Waals surface area contributed by atoms with Gasteiger partial charge in [-0.25, -0.2) is 0 Å². The Morgan fingerprint density at radius 1 is 1.30 bits per heavy atom. The van der Waals surface area contributed by atoms with Crippen molar-refractivity contribution < 1.29 is 14.1 Å². The van der Waals surface area contributed by atoms with Crippen LogP contribution < -0.4 is 10.1 Å². The molecule has 0 atom stereocenters. The van der Waals surface area contributed by atoms with Gasteiger partial charge in [0.05, 0.1) is 11.4 Å². The van der Waals surface area contributed by atoms with Crippen LogP contribution in [0.25, 0.3) is 10.6 Å². The van der Waals surface area contributed by atoms with Crippen molar-refractivity contribution in [2.45, 2.75) is 13.5 Å². The number of benzene rings is 1. The fourth-order valence-corrected chi connectivity index (χ4v) is 2.71. The number of hydrogen-bond acceptors (Lipinski definition) is 5. The van der Waals surface area contributed by atoms with E-state index in [1.54, 1.807) is 11.3 Å². The molecule has 23 heavy (non-hydrogen) atoms. The highest BCUT2D eigenvalue weighted by Crippen LogP contribution is 2.25. The molecule has 0 aliphatic heterocycles. The third kappa shape index (κ3) is 3.98. The lowest BCUT2D eigenvalue weighted by molar-refractivity contribution is -0.123. The minimum absolute atomic E-state index is 0.0273. The third-order valence-electron chi connectivity index (χ3n) is 3.24. The molecule has 2 heterocycles. The number of carbonyl (C=O) groups is 1. The van der Waals surface area contributed by atoms with E-state index < -0.39 is 0 Å². The average Bonchev–Trinajstić information content (AvgIpc) is 3.23. The van der Waals surface area contributed by atoms with Crippen LogP contribution in [0.4, 0.5) is 0 Å². The molecule has 0 unspecified atom stereocenters. The van der Waals surface area contributed by atoms with E-state index in [4.69, 9.17) is 9.26 Å². The maximum Gasteiger partial charge on any atom is 0.258 e. The summed E-state index contributed by atoms with van der Waals surface area (Å²) in [5.74, 6) is 1.22. The highest BCUT2D eigenvalue weighted by molar-refractivity contribution is 7.13. The molecule has 1 N–H and O–H groups in total. The van der Waals surface area contributed by atoms with Crippen LogP contribution >= 0.6 is 11.3 Å². The number of rotatable bonds is 6. The van der Waals surface area contributed by atoms with Gasteiger partial charge in [-0.1, -0.05) is 29.4 Å². The van der Waals surface area contributed by atoms with Gasteiger partial charge in [0.25, 0.3) is 5.91 Å². The number of ether oxygens (including phenoxy) is 1. The Balaban J connectivity index is 1.49. The Morgan fingerprint density at radius 2 is 2.17 bits per heavy atom. The fraction of sp³-hybridized carbons (Fsp3) is 0.176. The third-order valence-corrected chi connectivity index (χ3v) is 4.13. The van der Waals surface area contributed by atoms with Gasteiger partial charge in [-0.3, -0.25) is 4.79 Å². The second-order valence-electron chi connectivity index (χ2n) is 4.99. The highest BCUT2D eigenvalue weighted by atomic mass is 32.1. The van der Waals surface area contributed by atoms with Crippen molar-refractivity contribution in [3.8, 4) is 16.4 Å². The normalized spacial score (nSPS) is 10.5. The molecule has 0 spiro atoms. The van der Waals surface area contributed by atoms with E-state index in [1.165, 1.54) is 0 Å². The van der Waals surface area contributed by atoms with Crippen LogP contribution in [0.15, 0.2) is 52.4 Å². The first-order valence-electron chi connectivity index (χ1n) is 7.17. The standard InChI is InChI=1S/C17H16N2O3S/c1-12-5-2-3-6-14(12)21-11-17(20)18-10-13-9-15(22-19-13)16-7-4-8-23-16/h2-9H,10-11H2,1H3,(H,18,20). The number of nitrogens with one attached hydrogen (secondary N) is 1. The van der Waals surface area contributed by atoms with E-state index in [2.05, 4.69) is 10.5 Å². The van der Waals surface area contributed by atoms with Crippen LogP contribution in [0.3, 0.4) is 0 Å². The first-order valence-corrected chi connectivity index (χ1v) is 8.05. The zero-order valence-electron chi connectivity index (χ0n) is 12.6. The summed E-state index contributed by atoms with van der Waals surface area (Å²) in [4.78, 5) is 12.9. The van der Waals surface area contributed by atoms with Crippen LogP contribution in [0.1, 0.15) is 11.3 Å². The van der Waals surface area contributed by atoms with Gasteiger partial charge in [0.2, 0.25) is 0 Å². The molecular weight excluding hydrogens is 312 g/mol. The van der Waals surface area contributed by atoms with E-state index in [0.717, 1.165) is 10.4 Å². The zero-order valence-corrected chi connectivity index (χ0v) is 13.4. The average molecular weight is 328 g/mol. The van der Waals surface area contributed by atoms with Crippen molar-refractivity contribution in [2.75, 3.05) is 6.61 Å². The number of hydrogen-bond donors (Lipinski definition) is 1. The number of nitrogens with zero attached hydrogens (tertiary/aromatic N) is 1. The van der Waals surface area contributed by atoms with Gasteiger partial charge in [0.1, 0.15) is 11.4 Å². The number of amides is 1. The van der Waals surface area contributed by atoms with Crippen LogP contribution in [0.2, 0.25) is 0 Å². The Kier molecular flexibility index (Phi) is 4.73. The quantitative estimate of drug-likeness (QED) is 0.753. The summed E-state index contributed by atoms with van der Waals surface area (Å²) in [6, 6.07) is 13.3. The molecule has 5 nitrogen and oxygen atoms in total. The predicted molar refractivity (Wildman–Crippen MR) is 88.3 cm³/mol. The summed E-state index contributed by atoms with van der Waals surface area (Å²) in [6.45, 7) is 2.22. The molecule has 118 valence electrons. The lowest BCUT2D eigenvalue weighted by Crippen LogP contribution is -2.28. The van der Waals surface area contributed by atoms with Crippen molar-refractivity contribution in [3.63, 3.8) is 0 Å². The SMILES string of the molecule is Cc1ccccc1OCC(=O)NCc1cc(-c2cccs2)on1. The van der Waals surface area contributed by atoms with E-state index in [1.807, 2.05) is 54.8 Å². The van der Waals surface area contributed by atoms with E-state index >= 15 is 0 Å². The Hall–Kier alpha value is -2.60. The van der Waals surface area contributed by atoms with Crippen LogP contribution in [-0.2, 0) is 11.3 Å². The molecule has 6 heteroatoms. The Bertz CT molecular complexity index is 781. The van der Waals surface area contributed by atoms with Crippen molar-refractivity contribution in [2.24, 2.45) is 0 Å². The lowest BCUT2D eigenvalue weighted by atomic mass is 10.2. The fourth-order valence-electron chi connectivity index (χ4n) is 2.03. The minimum Gasteiger partial charge on any atom is -0.484 e. The van der Waals surface area contributed by atoms with Gasteiger partial charge in [-0.05, 0) is 30.0 Å². The van der Waals surface area contributed by atoms with Gasteiger partial charge in [0.15, 0.2) is 12.4 Å². The Morgan fingerprint density at radius 3 is 2.96 bits per heavy atom. The maximum atomic E-state index is 11.8. The van der Waals surface area contributed by atoms with E-state index in [0.29, 0.717) is 23.7 Å². The summed E-state index contributed by atoms with van der Waals surface area (Å²) >= 11 is 1.58. The molecule has 0 saturated heterocycles. The first-order chi connectivity index (χ1) is 11.2. The van der Waals surface area contributed by atoms with E-state index in [-0.39, 0.29) is 12.5 Å². The van der Waals surface area contributed by atoms with Crippen molar-refractivity contribution in [3.05, 3.63) is 59.1 Å². The molecule has 0 saturated carbocycles. The van der Waals surface area contributed by atoms with Gasteiger partial charge >= 0.3 is 0 Å². The number of thiophene rings is 1. The minimum atomic E-state index is -0.200.